The second-order valence-corrected chi connectivity index (χ2v) is 7.22. The summed E-state index contributed by atoms with van der Waals surface area (Å²) < 4.78 is 20.9. The number of H-pyrrole nitrogens is 1. The maximum Gasteiger partial charge on any atom is 0.254 e. The van der Waals surface area contributed by atoms with Gasteiger partial charge in [-0.25, -0.2) is 9.07 Å². The van der Waals surface area contributed by atoms with E-state index in [0.29, 0.717) is 42.2 Å². The highest BCUT2D eigenvalue weighted by atomic mass is 19.1. The first kappa shape index (κ1) is 21.0. The Morgan fingerprint density at radius 2 is 1.97 bits per heavy atom. The lowest BCUT2D eigenvalue weighted by molar-refractivity contribution is 0.144. The number of fused-ring (bicyclic) bond motifs is 1. The molecule has 0 saturated heterocycles. The maximum atomic E-state index is 13.9. The number of nitrogens with zero attached hydrogens (tertiary/aromatic N) is 2. The van der Waals surface area contributed by atoms with Gasteiger partial charge in [-0.1, -0.05) is 30.3 Å². The van der Waals surface area contributed by atoms with Gasteiger partial charge in [-0.3, -0.25) is 4.79 Å². The van der Waals surface area contributed by atoms with Crippen molar-refractivity contribution >= 4 is 11.0 Å². The number of hydrogen-bond donors (Lipinski definition) is 2. The van der Waals surface area contributed by atoms with E-state index in [9.17, 15) is 9.18 Å². The molecule has 0 aliphatic heterocycles. The molecule has 4 aromatic rings. The van der Waals surface area contributed by atoms with E-state index in [2.05, 4.69) is 10.3 Å². The molecule has 0 unspecified atom stereocenters. The molecule has 2 aromatic carbocycles. The molecule has 4 rings (SSSR count). The van der Waals surface area contributed by atoms with E-state index >= 15 is 0 Å². The minimum Gasteiger partial charge on any atom is -0.382 e. The number of hydrogen-bond acceptors (Lipinski definition) is 4. The molecule has 0 spiro atoms. The third kappa shape index (κ3) is 4.73. The van der Waals surface area contributed by atoms with Crippen LogP contribution in [0.4, 0.5) is 4.39 Å². The molecule has 0 aliphatic rings. The highest BCUT2D eigenvalue weighted by molar-refractivity contribution is 5.92. The van der Waals surface area contributed by atoms with Crippen LogP contribution in [0.1, 0.15) is 18.9 Å². The van der Waals surface area contributed by atoms with Crippen molar-refractivity contribution < 1.29 is 9.13 Å². The lowest BCUT2D eigenvalue weighted by Crippen LogP contribution is -2.22. The molecule has 31 heavy (non-hydrogen) atoms. The maximum absolute atomic E-state index is 13.9. The van der Waals surface area contributed by atoms with E-state index in [0.717, 1.165) is 24.0 Å². The molecule has 2 aromatic heterocycles. The van der Waals surface area contributed by atoms with Gasteiger partial charge in [-0.2, -0.15) is 5.10 Å². The van der Waals surface area contributed by atoms with Crippen molar-refractivity contribution in [3.63, 3.8) is 0 Å². The average molecular weight is 420 g/mol. The number of ether oxygens (including phenoxy) is 1. The Bertz CT molecular complexity index is 1220. The van der Waals surface area contributed by atoms with Crippen molar-refractivity contribution in [2.24, 2.45) is 0 Å². The Hall–Kier alpha value is -3.29. The Morgan fingerprint density at radius 3 is 2.74 bits per heavy atom. The van der Waals surface area contributed by atoms with Crippen LogP contribution in [0.3, 0.4) is 0 Å². The quantitative estimate of drug-likeness (QED) is 0.401. The van der Waals surface area contributed by atoms with Gasteiger partial charge in [0.25, 0.3) is 5.56 Å². The van der Waals surface area contributed by atoms with Crippen molar-refractivity contribution in [1.29, 1.82) is 0 Å². The van der Waals surface area contributed by atoms with Gasteiger partial charge in [-0.15, -0.1) is 0 Å². The summed E-state index contributed by atoms with van der Waals surface area (Å²) in [4.78, 5) is 15.7. The summed E-state index contributed by atoms with van der Waals surface area (Å²) in [6.07, 6.45) is 0.870. The van der Waals surface area contributed by atoms with Crippen LogP contribution in [0.2, 0.25) is 0 Å². The molecule has 0 fully saturated rings. The molecule has 160 valence electrons. The van der Waals surface area contributed by atoms with Crippen LogP contribution < -0.4 is 10.9 Å². The third-order valence-corrected chi connectivity index (χ3v) is 5.02. The van der Waals surface area contributed by atoms with Crippen molar-refractivity contribution in [3.05, 3.63) is 82.4 Å². The van der Waals surface area contributed by atoms with Crippen LogP contribution in [0, 0.1) is 5.82 Å². The van der Waals surface area contributed by atoms with Crippen LogP contribution in [0.5, 0.6) is 0 Å². The Labute approximate surface area is 179 Å². The minimum absolute atomic E-state index is 0.173. The van der Waals surface area contributed by atoms with Crippen LogP contribution >= 0.6 is 0 Å². The smallest absolute Gasteiger partial charge is 0.254 e. The zero-order valence-electron chi connectivity index (χ0n) is 17.4. The molecular weight excluding hydrogens is 395 g/mol. The molecular formula is C24H25FN4O2. The molecule has 2 heterocycles. The van der Waals surface area contributed by atoms with Gasteiger partial charge < -0.3 is 15.0 Å². The summed E-state index contributed by atoms with van der Waals surface area (Å²) in [6.45, 7) is 4.53. The van der Waals surface area contributed by atoms with Crippen molar-refractivity contribution in [3.8, 4) is 16.9 Å². The Kier molecular flexibility index (Phi) is 6.54. The summed E-state index contributed by atoms with van der Waals surface area (Å²) >= 11 is 0. The monoisotopic (exact) mass is 420 g/mol. The van der Waals surface area contributed by atoms with E-state index in [-0.39, 0.29) is 11.4 Å². The van der Waals surface area contributed by atoms with Gasteiger partial charge >= 0.3 is 0 Å². The normalized spacial score (nSPS) is 11.3. The number of aromatic amines is 1. The van der Waals surface area contributed by atoms with Crippen molar-refractivity contribution in [2.75, 3.05) is 19.8 Å². The summed E-state index contributed by atoms with van der Waals surface area (Å²) in [5, 5.41) is 8.78. The standard InChI is InChI=1S/C24H25FN4O2/c1-2-31-13-7-12-26-16-18-15-21-22(17-8-6-9-19(25)14-17)28-29(23(21)27-24(18)30)20-10-4-3-5-11-20/h3-6,8-11,14-15,26H,2,7,12-13,16H2,1H3,(H,27,30). The van der Waals surface area contributed by atoms with Gasteiger partial charge in [0.1, 0.15) is 17.2 Å². The first-order chi connectivity index (χ1) is 15.2. The number of nitrogens with one attached hydrogen (secondary N) is 2. The van der Waals surface area contributed by atoms with Crippen LogP contribution in [0.15, 0.2) is 65.5 Å². The number of aromatic nitrogens is 3. The Morgan fingerprint density at radius 1 is 1.13 bits per heavy atom. The zero-order chi connectivity index (χ0) is 21.6. The van der Waals surface area contributed by atoms with Gasteiger partial charge in [0.15, 0.2) is 0 Å². The number of rotatable bonds is 9. The fourth-order valence-corrected chi connectivity index (χ4v) is 3.52. The summed E-state index contributed by atoms with van der Waals surface area (Å²) in [5.41, 5.74) is 3.10. The molecule has 0 saturated carbocycles. The van der Waals surface area contributed by atoms with E-state index in [4.69, 9.17) is 9.84 Å². The topological polar surface area (TPSA) is 71.9 Å². The first-order valence-electron chi connectivity index (χ1n) is 10.4. The van der Waals surface area contributed by atoms with Crippen LogP contribution in [0.25, 0.3) is 28.0 Å². The van der Waals surface area contributed by atoms with Crippen molar-refractivity contribution in [1.82, 2.24) is 20.1 Å². The first-order valence-corrected chi connectivity index (χ1v) is 10.4. The number of para-hydroxylation sites is 1. The van der Waals surface area contributed by atoms with E-state index < -0.39 is 0 Å². The fourth-order valence-electron chi connectivity index (χ4n) is 3.52. The highest BCUT2D eigenvalue weighted by Gasteiger charge is 2.17. The molecule has 0 radical (unpaired) electrons. The molecule has 2 N–H and O–H groups in total. The number of benzene rings is 2. The fraction of sp³-hybridized carbons (Fsp3) is 0.250. The highest BCUT2D eigenvalue weighted by Crippen LogP contribution is 2.29. The number of halogens is 1. The van der Waals surface area contributed by atoms with E-state index in [1.807, 2.05) is 49.4 Å². The molecule has 0 atom stereocenters. The van der Waals surface area contributed by atoms with Crippen LogP contribution in [-0.2, 0) is 11.3 Å². The molecule has 0 amide bonds. The Balaban J connectivity index is 1.74. The summed E-state index contributed by atoms with van der Waals surface area (Å²) in [7, 11) is 0. The predicted octanol–water partition coefficient (Wildman–Crippen LogP) is 4.04. The van der Waals surface area contributed by atoms with Crippen LogP contribution in [-0.4, -0.2) is 34.5 Å². The van der Waals surface area contributed by atoms with Crippen molar-refractivity contribution in [2.45, 2.75) is 19.9 Å². The number of pyridine rings is 1. The summed E-state index contributed by atoms with van der Waals surface area (Å²) in [6, 6.07) is 17.7. The van der Waals surface area contributed by atoms with E-state index in [1.165, 1.54) is 12.1 Å². The SMILES string of the molecule is CCOCCCNCc1cc2c(-c3cccc(F)c3)nn(-c3ccccc3)c2[nH]c1=O. The second kappa shape index (κ2) is 9.68. The molecule has 0 aliphatic carbocycles. The molecule has 0 bridgehead atoms. The lowest BCUT2D eigenvalue weighted by Gasteiger charge is -2.06. The third-order valence-electron chi connectivity index (χ3n) is 5.02. The lowest BCUT2D eigenvalue weighted by atomic mass is 10.1. The largest absolute Gasteiger partial charge is 0.382 e. The van der Waals surface area contributed by atoms with Gasteiger partial charge in [-0.05, 0) is 50.2 Å². The summed E-state index contributed by atoms with van der Waals surface area (Å²) in [5.74, 6) is -0.333. The molecule has 6 nitrogen and oxygen atoms in total. The van der Waals surface area contributed by atoms with Gasteiger partial charge in [0, 0.05) is 36.3 Å². The van der Waals surface area contributed by atoms with E-state index in [1.54, 1.807) is 10.7 Å². The second-order valence-electron chi connectivity index (χ2n) is 7.22. The predicted molar refractivity (Wildman–Crippen MR) is 120 cm³/mol. The van der Waals surface area contributed by atoms with Gasteiger partial charge in [0.2, 0.25) is 0 Å². The minimum atomic E-state index is -0.333. The molecule has 7 heteroatoms. The zero-order valence-corrected chi connectivity index (χ0v) is 17.4. The van der Waals surface area contributed by atoms with Gasteiger partial charge in [0.05, 0.1) is 5.69 Å². The average Bonchev–Trinajstić information content (AvgIpc) is 3.15.